The molecule has 3 nitrogen and oxygen atoms in total. The third kappa shape index (κ3) is 5.88. The van der Waals surface area contributed by atoms with Crippen LogP contribution in [0.3, 0.4) is 0 Å². The van der Waals surface area contributed by atoms with Crippen LogP contribution in [0.25, 0.3) is 0 Å². The van der Waals surface area contributed by atoms with E-state index < -0.39 is 0 Å². The summed E-state index contributed by atoms with van der Waals surface area (Å²) in [5.41, 5.74) is 1.24. The van der Waals surface area contributed by atoms with Crippen LogP contribution in [0.5, 0.6) is 0 Å². The second-order valence-electron chi connectivity index (χ2n) is 5.88. The molecule has 0 aliphatic rings. The van der Waals surface area contributed by atoms with E-state index in [1.165, 1.54) is 5.56 Å². The second-order valence-corrected chi connectivity index (χ2v) is 5.88. The van der Waals surface area contributed by atoms with E-state index in [2.05, 4.69) is 50.3 Å². The summed E-state index contributed by atoms with van der Waals surface area (Å²) in [5, 5.41) is 3.14. The first-order valence-corrected chi connectivity index (χ1v) is 8.09. The Kier molecular flexibility index (Phi) is 8.06. The quantitative estimate of drug-likeness (QED) is 0.753. The molecule has 2 atom stereocenters. The number of carbonyl (C=O) groups excluding carboxylic acids is 1. The fraction of sp³-hybridized carbons (Fsp3) is 0.611. The standard InChI is InChI=1S/C18H30N2O/c1-5-7-11-15(6-2)18(21)19-14-17(20(3)4)16-12-9-8-10-13-16/h8-10,12-13,15,17H,5-7,11,14H2,1-4H3,(H,19,21). The van der Waals surface area contributed by atoms with Gasteiger partial charge in [-0.05, 0) is 32.5 Å². The third-order valence-electron chi connectivity index (χ3n) is 4.05. The minimum Gasteiger partial charge on any atom is -0.354 e. The lowest BCUT2D eigenvalue weighted by molar-refractivity contribution is -0.125. The molecule has 1 aromatic carbocycles. The number of carbonyl (C=O) groups is 1. The lowest BCUT2D eigenvalue weighted by Gasteiger charge is -2.26. The van der Waals surface area contributed by atoms with E-state index in [1.807, 2.05) is 18.2 Å². The summed E-state index contributed by atoms with van der Waals surface area (Å²) in [5.74, 6) is 0.359. The molecule has 1 rings (SSSR count). The predicted octanol–water partition coefficient (Wildman–Crippen LogP) is 3.62. The normalized spacial score (nSPS) is 14.0. The molecule has 118 valence electrons. The van der Waals surface area contributed by atoms with Crippen LogP contribution < -0.4 is 5.32 Å². The van der Waals surface area contributed by atoms with E-state index in [-0.39, 0.29) is 17.9 Å². The van der Waals surface area contributed by atoms with Gasteiger partial charge in [0.25, 0.3) is 0 Å². The number of hydrogen-bond acceptors (Lipinski definition) is 2. The van der Waals surface area contributed by atoms with Crippen molar-refractivity contribution >= 4 is 5.91 Å². The summed E-state index contributed by atoms with van der Waals surface area (Å²) in [7, 11) is 4.11. The molecule has 0 saturated heterocycles. The van der Waals surface area contributed by atoms with Gasteiger partial charge >= 0.3 is 0 Å². The average Bonchev–Trinajstić information content (AvgIpc) is 2.49. The molecule has 1 amide bonds. The van der Waals surface area contributed by atoms with Crippen molar-refractivity contribution < 1.29 is 4.79 Å². The van der Waals surface area contributed by atoms with Gasteiger partial charge in [-0.2, -0.15) is 0 Å². The first-order chi connectivity index (χ1) is 10.1. The molecule has 21 heavy (non-hydrogen) atoms. The predicted molar refractivity (Wildman–Crippen MR) is 89.2 cm³/mol. The first kappa shape index (κ1) is 17.7. The fourth-order valence-corrected chi connectivity index (χ4v) is 2.59. The first-order valence-electron chi connectivity index (χ1n) is 8.09. The number of hydrogen-bond donors (Lipinski definition) is 1. The maximum absolute atomic E-state index is 12.3. The van der Waals surface area contributed by atoms with Crippen LogP contribution in [0.15, 0.2) is 30.3 Å². The molecule has 0 heterocycles. The topological polar surface area (TPSA) is 32.3 Å². The number of amides is 1. The number of likely N-dealkylation sites (N-methyl/N-ethyl adjacent to an activating group) is 1. The molecule has 0 radical (unpaired) electrons. The van der Waals surface area contributed by atoms with Gasteiger partial charge < -0.3 is 10.2 Å². The Bertz CT molecular complexity index is 403. The molecule has 1 N–H and O–H groups in total. The maximum Gasteiger partial charge on any atom is 0.223 e. The van der Waals surface area contributed by atoms with E-state index >= 15 is 0 Å². The number of nitrogens with zero attached hydrogens (tertiary/aromatic N) is 1. The van der Waals surface area contributed by atoms with Gasteiger partial charge in [0.1, 0.15) is 0 Å². The summed E-state index contributed by atoms with van der Waals surface area (Å²) in [6.45, 7) is 4.93. The maximum atomic E-state index is 12.3. The average molecular weight is 290 g/mol. The van der Waals surface area contributed by atoms with Crippen molar-refractivity contribution in [2.45, 2.75) is 45.6 Å². The highest BCUT2D eigenvalue weighted by atomic mass is 16.1. The molecule has 0 aromatic heterocycles. The minimum absolute atomic E-state index is 0.156. The molecule has 0 fully saturated rings. The summed E-state index contributed by atoms with van der Waals surface area (Å²) in [4.78, 5) is 14.5. The zero-order chi connectivity index (χ0) is 15.7. The molecule has 0 aliphatic heterocycles. The van der Waals surface area contributed by atoms with E-state index in [1.54, 1.807) is 0 Å². The van der Waals surface area contributed by atoms with E-state index in [9.17, 15) is 4.79 Å². The van der Waals surface area contributed by atoms with Gasteiger partial charge in [-0.25, -0.2) is 0 Å². The van der Waals surface area contributed by atoms with Crippen LogP contribution in [0, 0.1) is 5.92 Å². The van der Waals surface area contributed by atoms with Crippen LogP contribution in [-0.4, -0.2) is 31.4 Å². The minimum atomic E-state index is 0.156. The Morgan fingerprint density at radius 3 is 2.38 bits per heavy atom. The lowest BCUT2D eigenvalue weighted by atomic mass is 9.98. The second kappa shape index (κ2) is 9.56. The van der Waals surface area contributed by atoms with Crippen molar-refractivity contribution in [2.75, 3.05) is 20.6 Å². The Morgan fingerprint density at radius 2 is 1.86 bits per heavy atom. The Hall–Kier alpha value is -1.35. The van der Waals surface area contributed by atoms with Crippen LogP contribution >= 0.6 is 0 Å². The SMILES string of the molecule is CCCCC(CC)C(=O)NCC(c1ccccc1)N(C)C. The molecular formula is C18H30N2O. The number of unbranched alkanes of at least 4 members (excludes halogenated alkanes) is 1. The number of benzene rings is 1. The lowest BCUT2D eigenvalue weighted by Crippen LogP contribution is -2.37. The van der Waals surface area contributed by atoms with Gasteiger partial charge in [-0.15, -0.1) is 0 Å². The fourth-order valence-electron chi connectivity index (χ4n) is 2.59. The Labute approximate surface area is 129 Å². The van der Waals surface area contributed by atoms with E-state index in [0.29, 0.717) is 6.54 Å². The van der Waals surface area contributed by atoms with Crippen LogP contribution in [0.2, 0.25) is 0 Å². The van der Waals surface area contributed by atoms with Gasteiger partial charge in [-0.1, -0.05) is 57.0 Å². The van der Waals surface area contributed by atoms with Crippen molar-refractivity contribution in [2.24, 2.45) is 5.92 Å². The largest absolute Gasteiger partial charge is 0.354 e. The summed E-state index contributed by atoms with van der Waals surface area (Å²) in [6, 6.07) is 10.6. The highest BCUT2D eigenvalue weighted by Crippen LogP contribution is 2.18. The van der Waals surface area contributed by atoms with Crippen molar-refractivity contribution in [1.29, 1.82) is 0 Å². The summed E-state index contributed by atoms with van der Waals surface area (Å²) < 4.78 is 0. The zero-order valence-corrected chi connectivity index (χ0v) is 13.9. The Morgan fingerprint density at radius 1 is 1.19 bits per heavy atom. The van der Waals surface area contributed by atoms with Gasteiger partial charge in [0.05, 0.1) is 6.04 Å². The van der Waals surface area contributed by atoms with Crippen molar-refractivity contribution in [3.05, 3.63) is 35.9 Å². The molecule has 0 saturated carbocycles. The van der Waals surface area contributed by atoms with E-state index in [0.717, 1.165) is 25.7 Å². The smallest absolute Gasteiger partial charge is 0.223 e. The summed E-state index contributed by atoms with van der Waals surface area (Å²) >= 11 is 0. The van der Waals surface area contributed by atoms with E-state index in [4.69, 9.17) is 0 Å². The Balaban J connectivity index is 2.59. The van der Waals surface area contributed by atoms with Gasteiger partial charge in [0.15, 0.2) is 0 Å². The highest BCUT2D eigenvalue weighted by molar-refractivity contribution is 5.78. The number of rotatable bonds is 9. The van der Waals surface area contributed by atoms with Crippen LogP contribution in [-0.2, 0) is 4.79 Å². The molecule has 0 aliphatic carbocycles. The van der Waals surface area contributed by atoms with Crippen LogP contribution in [0.1, 0.15) is 51.1 Å². The van der Waals surface area contributed by atoms with Crippen molar-refractivity contribution in [1.82, 2.24) is 10.2 Å². The van der Waals surface area contributed by atoms with Gasteiger partial charge in [-0.3, -0.25) is 4.79 Å². The molecule has 3 heteroatoms. The summed E-state index contributed by atoms with van der Waals surface area (Å²) in [6.07, 6.45) is 4.19. The number of nitrogens with one attached hydrogen (secondary N) is 1. The molecule has 0 bridgehead atoms. The molecule has 0 spiro atoms. The van der Waals surface area contributed by atoms with Crippen LogP contribution in [0.4, 0.5) is 0 Å². The van der Waals surface area contributed by atoms with Gasteiger partial charge in [0.2, 0.25) is 5.91 Å². The molecule has 1 aromatic rings. The monoisotopic (exact) mass is 290 g/mol. The zero-order valence-electron chi connectivity index (χ0n) is 13.9. The third-order valence-corrected chi connectivity index (χ3v) is 4.05. The van der Waals surface area contributed by atoms with Crippen molar-refractivity contribution in [3.63, 3.8) is 0 Å². The molecular weight excluding hydrogens is 260 g/mol. The van der Waals surface area contributed by atoms with Crippen molar-refractivity contribution in [3.8, 4) is 0 Å². The van der Waals surface area contributed by atoms with Gasteiger partial charge in [0, 0.05) is 12.5 Å². The highest BCUT2D eigenvalue weighted by Gasteiger charge is 2.19. The molecule has 2 unspecified atom stereocenters.